The lowest BCUT2D eigenvalue weighted by atomic mass is 10.1. The molecule has 1 aromatic carbocycles. The van der Waals surface area contributed by atoms with Crippen LogP contribution in [0.2, 0.25) is 0 Å². The number of carbonyl (C=O) groups excluding carboxylic acids is 1. The summed E-state index contributed by atoms with van der Waals surface area (Å²) in [5.41, 5.74) is 1.77. The van der Waals surface area contributed by atoms with Crippen LogP contribution in [0, 0.1) is 0 Å². The highest BCUT2D eigenvalue weighted by atomic mass is 16.5. The van der Waals surface area contributed by atoms with E-state index in [-0.39, 0.29) is 5.91 Å². The number of carbonyl (C=O) groups is 1. The van der Waals surface area contributed by atoms with E-state index in [2.05, 4.69) is 10.3 Å². The summed E-state index contributed by atoms with van der Waals surface area (Å²) in [5, 5.41) is 3.81. The van der Waals surface area contributed by atoms with Crippen molar-refractivity contribution in [2.45, 2.75) is 6.54 Å². The summed E-state index contributed by atoms with van der Waals surface area (Å²) < 4.78 is 10.3. The predicted octanol–water partition coefficient (Wildman–Crippen LogP) is 2.77. The predicted molar refractivity (Wildman–Crippen MR) is 78.2 cm³/mol. The van der Waals surface area contributed by atoms with Gasteiger partial charge in [-0.25, -0.2) is 4.98 Å². The molecule has 0 radical (unpaired) electrons. The van der Waals surface area contributed by atoms with Crippen LogP contribution in [0.15, 0.2) is 53.1 Å². The molecular formula is C16H14N2O3. The molecule has 0 atom stereocenters. The van der Waals surface area contributed by atoms with Crippen molar-refractivity contribution < 1.29 is 13.9 Å². The first-order valence-electron chi connectivity index (χ1n) is 6.52. The maximum absolute atomic E-state index is 11.9. The molecule has 2 heterocycles. The first kappa shape index (κ1) is 13.2. The lowest BCUT2D eigenvalue weighted by Gasteiger charge is -2.09. The molecule has 0 saturated heterocycles. The number of benzene rings is 1. The number of fused-ring (bicyclic) bond motifs is 1. The van der Waals surface area contributed by atoms with Crippen LogP contribution in [-0.2, 0) is 6.54 Å². The monoisotopic (exact) mass is 282 g/mol. The van der Waals surface area contributed by atoms with Crippen molar-refractivity contribution in [1.82, 2.24) is 10.3 Å². The fourth-order valence-corrected chi connectivity index (χ4v) is 2.14. The zero-order valence-electron chi connectivity index (χ0n) is 11.5. The molecule has 0 aliphatic rings. The largest absolute Gasteiger partial charge is 0.481 e. The minimum atomic E-state index is -0.250. The van der Waals surface area contributed by atoms with Gasteiger partial charge in [0.25, 0.3) is 5.91 Å². The Kier molecular flexibility index (Phi) is 3.55. The molecule has 5 heteroatoms. The average Bonchev–Trinajstić information content (AvgIpc) is 3.06. The van der Waals surface area contributed by atoms with Crippen molar-refractivity contribution in [3.8, 4) is 5.88 Å². The van der Waals surface area contributed by atoms with E-state index in [0.717, 1.165) is 16.5 Å². The summed E-state index contributed by atoms with van der Waals surface area (Å²) in [6.45, 7) is 0.374. The van der Waals surface area contributed by atoms with Gasteiger partial charge in [-0.2, -0.15) is 0 Å². The molecule has 0 aliphatic carbocycles. The maximum atomic E-state index is 11.9. The lowest BCUT2D eigenvalue weighted by Crippen LogP contribution is -2.22. The highest BCUT2D eigenvalue weighted by Gasteiger charge is 2.10. The van der Waals surface area contributed by atoms with Gasteiger partial charge in [-0.15, -0.1) is 0 Å². The molecule has 1 N–H and O–H groups in total. The second-order valence-corrected chi connectivity index (χ2v) is 4.50. The van der Waals surface area contributed by atoms with Gasteiger partial charge < -0.3 is 14.5 Å². The molecule has 1 amide bonds. The Morgan fingerprint density at radius 3 is 2.90 bits per heavy atom. The number of rotatable bonds is 4. The van der Waals surface area contributed by atoms with Crippen molar-refractivity contribution in [3.63, 3.8) is 0 Å². The highest BCUT2D eigenvalue weighted by molar-refractivity contribution is 5.91. The van der Waals surface area contributed by atoms with Crippen LogP contribution in [0.4, 0.5) is 0 Å². The standard InChI is InChI=1S/C16H14N2O3/c1-20-15-9-11(12-5-2-3-6-13(12)18-15)10-17-16(19)14-7-4-8-21-14/h2-9H,10H2,1H3,(H,17,19). The Morgan fingerprint density at radius 1 is 1.29 bits per heavy atom. The van der Waals surface area contributed by atoms with Crippen LogP contribution < -0.4 is 10.1 Å². The Morgan fingerprint density at radius 2 is 2.14 bits per heavy atom. The second-order valence-electron chi connectivity index (χ2n) is 4.50. The second kappa shape index (κ2) is 5.66. The molecule has 2 aromatic heterocycles. The van der Waals surface area contributed by atoms with Crippen molar-refractivity contribution in [1.29, 1.82) is 0 Å². The summed E-state index contributed by atoms with van der Waals surface area (Å²) in [6, 6.07) is 12.9. The van der Waals surface area contributed by atoms with Crippen molar-refractivity contribution >= 4 is 16.8 Å². The number of pyridine rings is 1. The van der Waals surface area contributed by atoms with Gasteiger partial charge in [-0.1, -0.05) is 18.2 Å². The van der Waals surface area contributed by atoms with E-state index in [0.29, 0.717) is 18.2 Å². The summed E-state index contributed by atoms with van der Waals surface area (Å²) in [6.07, 6.45) is 1.47. The summed E-state index contributed by atoms with van der Waals surface area (Å²) in [7, 11) is 1.57. The zero-order chi connectivity index (χ0) is 14.7. The Labute approximate surface area is 121 Å². The average molecular weight is 282 g/mol. The van der Waals surface area contributed by atoms with Gasteiger partial charge in [0.1, 0.15) is 0 Å². The zero-order valence-corrected chi connectivity index (χ0v) is 11.5. The summed E-state index contributed by atoms with van der Waals surface area (Å²) >= 11 is 0. The number of nitrogens with one attached hydrogen (secondary N) is 1. The van der Waals surface area contributed by atoms with Crippen LogP contribution in [0.5, 0.6) is 5.88 Å². The van der Waals surface area contributed by atoms with Crippen LogP contribution in [0.1, 0.15) is 16.1 Å². The van der Waals surface area contributed by atoms with Gasteiger partial charge in [0, 0.05) is 18.0 Å². The summed E-state index contributed by atoms with van der Waals surface area (Å²) in [5.74, 6) is 0.566. The van der Waals surface area contributed by atoms with Crippen LogP contribution in [0.25, 0.3) is 10.9 Å². The molecule has 3 aromatic rings. The number of amides is 1. The fourth-order valence-electron chi connectivity index (χ4n) is 2.14. The minimum Gasteiger partial charge on any atom is -0.481 e. The highest BCUT2D eigenvalue weighted by Crippen LogP contribution is 2.21. The summed E-state index contributed by atoms with van der Waals surface area (Å²) in [4.78, 5) is 16.3. The molecule has 0 bridgehead atoms. The number of hydrogen-bond donors (Lipinski definition) is 1. The van der Waals surface area contributed by atoms with Crippen LogP contribution >= 0.6 is 0 Å². The first-order chi connectivity index (χ1) is 10.3. The molecule has 21 heavy (non-hydrogen) atoms. The van der Waals surface area contributed by atoms with E-state index in [1.165, 1.54) is 6.26 Å². The van der Waals surface area contributed by atoms with Crippen LogP contribution in [-0.4, -0.2) is 18.0 Å². The van der Waals surface area contributed by atoms with Gasteiger partial charge >= 0.3 is 0 Å². The van der Waals surface area contributed by atoms with E-state index < -0.39 is 0 Å². The molecular weight excluding hydrogens is 268 g/mol. The van der Waals surface area contributed by atoms with Crippen LogP contribution in [0.3, 0.4) is 0 Å². The smallest absolute Gasteiger partial charge is 0.287 e. The van der Waals surface area contributed by atoms with Crippen molar-refractivity contribution in [2.24, 2.45) is 0 Å². The van der Waals surface area contributed by atoms with Gasteiger partial charge in [-0.3, -0.25) is 4.79 Å². The molecule has 0 saturated carbocycles. The van der Waals surface area contributed by atoms with Gasteiger partial charge in [0.15, 0.2) is 5.76 Å². The molecule has 3 rings (SSSR count). The number of hydrogen-bond acceptors (Lipinski definition) is 4. The van der Waals surface area contributed by atoms with E-state index in [1.807, 2.05) is 30.3 Å². The lowest BCUT2D eigenvalue weighted by molar-refractivity contribution is 0.0923. The molecule has 5 nitrogen and oxygen atoms in total. The molecule has 0 aliphatic heterocycles. The Hall–Kier alpha value is -2.82. The number of methoxy groups -OCH3 is 1. The van der Waals surface area contributed by atoms with E-state index in [4.69, 9.17) is 9.15 Å². The number of furan rings is 1. The van der Waals surface area contributed by atoms with E-state index in [9.17, 15) is 4.79 Å². The molecule has 0 spiro atoms. The van der Waals surface area contributed by atoms with Gasteiger partial charge in [0.05, 0.1) is 18.9 Å². The quantitative estimate of drug-likeness (QED) is 0.799. The topological polar surface area (TPSA) is 64.4 Å². The number of para-hydroxylation sites is 1. The number of ether oxygens (including phenoxy) is 1. The molecule has 106 valence electrons. The fraction of sp³-hybridized carbons (Fsp3) is 0.125. The van der Waals surface area contributed by atoms with E-state index in [1.54, 1.807) is 19.2 Å². The number of nitrogens with zero attached hydrogens (tertiary/aromatic N) is 1. The van der Waals surface area contributed by atoms with Gasteiger partial charge in [0.2, 0.25) is 5.88 Å². The third-order valence-electron chi connectivity index (χ3n) is 3.17. The van der Waals surface area contributed by atoms with Crippen molar-refractivity contribution in [2.75, 3.05) is 7.11 Å². The Balaban J connectivity index is 1.87. The SMILES string of the molecule is COc1cc(CNC(=O)c2ccco2)c2ccccc2n1. The maximum Gasteiger partial charge on any atom is 0.287 e. The first-order valence-corrected chi connectivity index (χ1v) is 6.52. The third kappa shape index (κ3) is 2.72. The minimum absolute atomic E-state index is 0.250. The molecule has 0 fully saturated rings. The normalized spacial score (nSPS) is 10.5. The van der Waals surface area contributed by atoms with E-state index >= 15 is 0 Å². The Bertz CT molecular complexity index is 766. The van der Waals surface area contributed by atoms with Gasteiger partial charge in [-0.05, 0) is 23.8 Å². The molecule has 0 unspecified atom stereocenters. The van der Waals surface area contributed by atoms with Crippen molar-refractivity contribution in [3.05, 3.63) is 60.1 Å². The number of aromatic nitrogens is 1. The third-order valence-corrected chi connectivity index (χ3v) is 3.17.